The highest BCUT2D eigenvalue weighted by Gasteiger charge is 2.37. The number of benzene rings is 2. The van der Waals surface area contributed by atoms with Crippen LogP contribution < -0.4 is 10.1 Å². The van der Waals surface area contributed by atoms with E-state index in [0.29, 0.717) is 11.6 Å². The zero-order valence-electron chi connectivity index (χ0n) is 12.6. The number of hydrogen-bond acceptors (Lipinski definition) is 3. The number of aliphatic hydroxyl groups is 1. The van der Waals surface area contributed by atoms with Crippen LogP contribution in [0, 0.1) is 0 Å². The van der Waals surface area contributed by atoms with Gasteiger partial charge in [0.25, 0.3) is 0 Å². The molecule has 1 atom stereocenters. The lowest BCUT2D eigenvalue weighted by Gasteiger charge is -2.30. The Bertz CT molecular complexity index is 674. The highest BCUT2D eigenvalue weighted by atomic mass is 35.5. The predicted octanol–water partition coefficient (Wildman–Crippen LogP) is 3.27. The fraction of sp³-hybridized carbons (Fsp3) is 0.333. The first kappa shape index (κ1) is 15.3. The molecule has 0 saturated carbocycles. The topological polar surface area (TPSA) is 41.5 Å². The maximum Gasteiger partial charge on any atom is 0.120 e. The minimum absolute atomic E-state index is 0.0811. The molecule has 0 saturated heterocycles. The maximum absolute atomic E-state index is 9.98. The van der Waals surface area contributed by atoms with Gasteiger partial charge in [0, 0.05) is 11.6 Å². The molecule has 0 spiro atoms. The Morgan fingerprint density at radius 2 is 2.09 bits per heavy atom. The van der Waals surface area contributed by atoms with Gasteiger partial charge in [-0.05, 0) is 41.7 Å². The van der Waals surface area contributed by atoms with Crippen molar-refractivity contribution in [3.05, 3.63) is 64.2 Å². The zero-order chi connectivity index (χ0) is 15.6. The standard InChI is InChI=1S/C18H20ClNO2/c1-22-15-7-6-14(17(19)10-15)11-20-18(12-21)9-8-13-4-2-3-5-16(13)18/h2-7,10,20-21H,8-9,11-12H2,1H3. The highest BCUT2D eigenvalue weighted by Crippen LogP contribution is 2.37. The van der Waals surface area contributed by atoms with Crippen molar-refractivity contribution in [3.63, 3.8) is 0 Å². The van der Waals surface area contributed by atoms with Crippen molar-refractivity contribution >= 4 is 11.6 Å². The summed E-state index contributed by atoms with van der Waals surface area (Å²) in [5.41, 5.74) is 3.13. The average Bonchev–Trinajstić information content (AvgIpc) is 2.93. The Kier molecular flexibility index (Phi) is 4.39. The Balaban J connectivity index is 1.81. The lowest BCUT2D eigenvalue weighted by atomic mass is 9.92. The molecular weight excluding hydrogens is 298 g/mol. The molecule has 22 heavy (non-hydrogen) atoms. The molecule has 1 unspecified atom stereocenters. The summed E-state index contributed by atoms with van der Waals surface area (Å²) in [5.74, 6) is 0.747. The number of aliphatic hydroxyl groups excluding tert-OH is 1. The number of aryl methyl sites for hydroxylation is 1. The highest BCUT2D eigenvalue weighted by molar-refractivity contribution is 6.31. The average molecular weight is 318 g/mol. The van der Waals surface area contributed by atoms with Crippen LogP contribution in [-0.4, -0.2) is 18.8 Å². The predicted molar refractivity (Wildman–Crippen MR) is 88.4 cm³/mol. The van der Waals surface area contributed by atoms with Crippen LogP contribution in [0.4, 0.5) is 0 Å². The summed E-state index contributed by atoms with van der Waals surface area (Å²) in [6.45, 7) is 0.690. The maximum atomic E-state index is 9.98. The van der Waals surface area contributed by atoms with Gasteiger partial charge in [0.2, 0.25) is 0 Å². The fourth-order valence-electron chi connectivity index (χ4n) is 3.15. The van der Waals surface area contributed by atoms with E-state index in [0.717, 1.165) is 24.2 Å². The van der Waals surface area contributed by atoms with Crippen molar-refractivity contribution in [1.82, 2.24) is 5.32 Å². The number of rotatable bonds is 5. The van der Waals surface area contributed by atoms with Crippen LogP contribution in [0.2, 0.25) is 5.02 Å². The second-order valence-electron chi connectivity index (χ2n) is 5.71. The first-order chi connectivity index (χ1) is 10.7. The molecule has 0 aliphatic heterocycles. The van der Waals surface area contributed by atoms with Crippen LogP contribution in [-0.2, 0) is 18.5 Å². The van der Waals surface area contributed by atoms with Crippen LogP contribution in [0.1, 0.15) is 23.1 Å². The van der Waals surface area contributed by atoms with E-state index in [4.69, 9.17) is 16.3 Å². The number of ether oxygens (including phenoxy) is 1. The molecule has 0 heterocycles. The molecule has 0 radical (unpaired) electrons. The second kappa shape index (κ2) is 6.29. The van der Waals surface area contributed by atoms with E-state index < -0.39 is 0 Å². The number of fused-ring (bicyclic) bond motifs is 1. The summed E-state index contributed by atoms with van der Waals surface area (Å²) in [5, 5.41) is 14.2. The van der Waals surface area contributed by atoms with Crippen LogP contribution in [0.3, 0.4) is 0 Å². The van der Waals surface area contributed by atoms with E-state index in [-0.39, 0.29) is 12.1 Å². The molecule has 0 bridgehead atoms. The van der Waals surface area contributed by atoms with Crippen LogP contribution in [0.25, 0.3) is 0 Å². The molecule has 0 aromatic heterocycles. The smallest absolute Gasteiger partial charge is 0.120 e. The van der Waals surface area contributed by atoms with Crippen LogP contribution >= 0.6 is 11.6 Å². The van der Waals surface area contributed by atoms with Gasteiger partial charge >= 0.3 is 0 Å². The molecule has 1 aliphatic rings. The van der Waals surface area contributed by atoms with Crippen molar-refractivity contribution in [2.24, 2.45) is 0 Å². The summed E-state index contributed by atoms with van der Waals surface area (Å²) >= 11 is 6.30. The molecule has 1 aliphatic carbocycles. The molecule has 3 nitrogen and oxygen atoms in total. The molecule has 0 amide bonds. The summed E-state index contributed by atoms with van der Waals surface area (Å²) in [4.78, 5) is 0. The first-order valence-electron chi connectivity index (χ1n) is 7.45. The van der Waals surface area contributed by atoms with Gasteiger partial charge in [-0.1, -0.05) is 41.9 Å². The van der Waals surface area contributed by atoms with Gasteiger partial charge in [0.15, 0.2) is 0 Å². The van der Waals surface area contributed by atoms with Crippen LogP contribution in [0.15, 0.2) is 42.5 Å². The molecule has 116 valence electrons. The monoisotopic (exact) mass is 317 g/mol. The summed E-state index contributed by atoms with van der Waals surface area (Å²) in [6.07, 6.45) is 1.89. The van der Waals surface area contributed by atoms with E-state index >= 15 is 0 Å². The lowest BCUT2D eigenvalue weighted by molar-refractivity contribution is 0.159. The molecule has 2 aromatic rings. The third kappa shape index (κ3) is 2.72. The summed E-state index contributed by atoms with van der Waals surface area (Å²) in [7, 11) is 1.62. The van der Waals surface area contributed by atoms with Gasteiger partial charge in [0.05, 0.1) is 19.3 Å². The first-order valence-corrected chi connectivity index (χ1v) is 7.83. The molecule has 2 aromatic carbocycles. The third-order valence-electron chi connectivity index (χ3n) is 4.50. The van der Waals surface area contributed by atoms with E-state index in [9.17, 15) is 5.11 Å². The molecule has 2 N–H and O–H groups in total. The van der Waals surface area contributed by atoms with Gasteiger partial charge in [-0.2, -0.15) is 0 Å². The van der Waals surface area contributed by atoms with Gasteiger partial charge < -0.3 is 15.2 Å². The Labute approximate surface area is 135 Å². The van der Waals surface area contributed by atoms with Crippen molar-refractivity contribution in [3.8, 4) is 5.75 Å². The van der Waals surface area contributed by atoms with Crippen molar-refractivity contribution < 1.29 is 9.84 Å². The summed E-state index contributed by atoms with van der Waals surface area (Å²) in [6, 6.07) is 14.0. The minimum Gasteiger partial charge on any atom is -0.497 e. The van der Waals surface area contributed by atoms with Gasteiger partial charge in [-0.25, -0.2) is 0 Å². The number of hydrogen-bond donors (Lipinski definition) is 2. The van der Waals surface area contributed by atoms with Crippen molar-refractivity contribution in [2.75, 3.05) is 13.7 Å². The Morgan fingerprint density at radius 1 is 1.27 bits per heavy atom. The largest absolute Gasteiger partial charge is 0.497 e. The van der Waals surface area contributed by atoms with Gasteiger partial charge in [-0.3, -0.25) is 0 Å². The quantitative estimate of drug-likeness (QED) is 0.889. The fourth-order valence-corrected chi connectivity index (χ4v) is 3.39. The minimum atomic E-state index is -0.375. The van der Waals surface area contributed by atoms with Crippen molar-refractivity contribution in [2.45, 2.75) is 24.9 Å². The Morgan fingerprint density at radius 3 is 2.82 bits per heavy atom. The van der Waals surface area contributed by atoms with Gasteiger partial charge in [-0.15, -0.1) is 0 Å². The number of methoxy groups -OCH3 is 1. The summed E-state index contributed by atoms with van der Waals surface area (Å²) < 4.78 is 5.17. The molecular formula is C18H20ClNO2. The van der Waals surface area contributed by atoms with Crippen molar-refractivity contribution in [1.29, 1.82) is 0 Å². The number of halogens is 1. The van der Waals surface area contributed by atoms with Gasteiger partial charge in [0.1, 0.15) is 5.75 Å². The molecule has 0 fully saturated rings. The zero-order valence-corrected chi connectivity index (χ0v) is 13.4. The second-order valence-corrected chi connectivity index (χ2v) is 6.12. The van der Waals surface area contributed by atoms with E-state index in [1.54, 1.807) is 7.11 Å². The normalized spacial score (nSPS) is 20.0. The SMILES string of the molecule is COc1ccc(CNC2(CO)CCc3ccccc32)c(Cl)c1. The number of nitrogens with one attached hydrogen (secondary N) is 1. The van der Waals surface area contributed by atoms with E-state index in [1.165, 1.54) is 11.1 Å². The van der Waals surface area contributed by atoms with Crippen LogP contribution in [0.5, 0.6) is 5.75 Å². The lowest BCUT2D eigenvalue weighted by Crippen LogP contribution is -2.43. The Hall–Kier alpha value is -1.55. The molecule has 4 heteroatoms. The third-order valence-corrected chi connectivity index (χ3v) is 4.85. The van der Waals surface area contributed by atoms with E-state index in [1.807, 2.05) is 30.3 Å². The molecule has 3 rings (SSSR count). The van der Waals surface area contributed by atoms with E-state index in [2.05, 4.69) is 17.4 Å².